The summed E-state index contributed by atoms with van der Waals surface area (Å²) >= 11 is 0. The van der Waals surface area contributed by atoms with E-state index in [1.54, 1.807) is 0 Å². The van der Waals surface area contributed by atoms with Crippen molar-refractivity contribution in [2.24, 2.45) is 5.73 Å². The molecule has 0 heterocycles. The topological polar surface area (TPSA) is 26.0 Å². The highest BCUT2D eigenvalue weighted by Crippen LogP contribution is 2.49. The van der Waals surface area contributed by atoms with Crippen molar-refractivity contribution < 1.29 is 30.7 Å². The van der Waals surface area contributed by atoms with Gasteiger partial charge in [-0.1, -0.05) is 96.3 Å². The Morgan fingerprint density at radius 3 is 0.833 bits per heavy atom. The van der Waals surface area contributed by atoms with Crippen LogP contribution in [0.3, 0.4) is 0 Å². The van der Waals surface area contributed by atoms with E-state index in [1.807, 2.05) is 0 Å². The number of hydrogen-bond acceptors (Lipinski definition) is 1. The van der Waals surface area contributed by atoms with E-state index in [1.165, 1.54) is 51.4 Å². The number of hydrogen-bond donors (Lipinski definition) is 1. The van der Waals surface area contributed by atoms with Gasteiger partial charge in [-0.25, -0.2) is 4.39 Å². The van der Waals surface area contributed by atoms with Crippen LogP contribution < -0.4 is 5.73 Å². The van der Waals surface area contributed by atoms with E-state index in [4.69, 9.17) is 5.73 Å². The predicted octanol–water partition coefficient (Wildman–Crippen LogP) is 8.80. The smallest absolute Gasteiger partial charge is 0.330 e. The molecule has 1 nitrogen and oxygen atoms in total. The molecule has 0 aromatic carbocycles. The minimum Gasteiger partial charge on any atom is -0.330 e. The van der Waals surface area contributed by atoms with Crippen molar-refractivity contribution in [3.63, 3.8) is 0 Å². The second-order valence-electron chi connectivity index (χ2n) is 8.35. The minimum atomic E-state index is -5.92. The quantitative estimate of drug-likeness (QED) is 0.154. The van der Waals surface area contributed by atoms with Crippen molar-refractivity contribution in [2.75, 3.05) is 6.54 Å². The summed E-state index contributed by atoms with van der Waals surface area (Å²) in [4.78, 5) is 0. The van der Waals surface area contributed by atoms with Crippen LogP contribution in [-0.4, -0.2) is 24.6 Å². The third-order valence-electron chi connectivity index (χ3n) is 5.62. The normalized spacial score (nSPS) is 13.2. The second-order valence-corrected chi connectivity index (χ2v) is 8.35. The molecule has 0 saturated heterocycles. The van der Waals surface area contributed by atoms with E-state index in [9.17, 15) is 30.7 Å². The molecule has 182 valence electrons. The summed E-state index contributed by atoms with van der Waals surface area (Å²) in [5.41, 5.74) is 0.362. The van der Waals surface area contributed by atoms with Gasteiger partial charge >= 0.3 is 12.4 Å². The molecule has 2 N–H and O–H groups in total. The molecule has 0 saturated carbocycles. The lowest BCUT2D eigenvalue weighted by Crippen LogP contribution is -2.53. The molecule has 0 radical (unpaired) electrons. The maximum Gasteiger partial charge on any atom is 0.431 e. The van der Waals surface area contributed by atoms with E-state index < -0.39 is 30.9 Å². The first kappa shape index (κ1) is 29.5. The van der Waals surface area contributed by atoms with Gasteiger partial charge in [0, 0.05) is 0 Å². The molecular formula is C22H40F7N. The van der Waals surface area contributed by atoms with E-state index in [0.717, 1.165) is 45.1 Å². The Morgan fingerprint density at radius 2 is 0.600 bits per heavy atom. The van der Waals surface area contributed by atoms with Crippen LogP contribution in [0.2, 0.25) is 0 Å². The van der Waals surface area contributed by atoms with Crippen LogP contribution in [0.5, 0.6) is 0 Å². The van der Waals surface area contributed by atoms with Crippen LogP contribution in [0.15, 0.2) is 0 Å². The SMILES string of the molecule is NCCCCCCCCCCCCCCCCCCCC(F)(C(F)(F)F)C(F)(F)F. The Balaban J connectivity index is 3.49. The monoisotopic (exact) mass is 451 g/mol. The van der Waals surface area contributed by atoms with E-state index in [2.05, 4.69) is 0 Å². The van der Waals surface area contributed by atoms with Crippen molar-refractivity contribution in [2.45, 2.75) is 134 Å². The van der Waals surface area contributed by atoms with Crippen molar-refractivity contribution in [3.05, 3.63) is 0 Å². The fourth-order valence-corrected chi connectivity index (χ4v) is 3.61. The van der Waals surface area contributed by atoms with Gasteiger partial charge in [0.1, 0.15) is 0 Å². The number of rotatable bonds is 19. The zero-order valence-corrected chi connectivity index (χ0v) is 18.2. The Morgan fingerprint density at radius 1 is 0.367 bits per heavy atom. The molecule has 0 aromatic heterocycles. The Hall–Kier alpha value is -0.530. The lowest BCUT2D eigenvalue weighted by atomic mass is 9.95. The van der Waals surface area contributed by atoms with Gasteiger partial charge in [0.05, 0.1) is 0 Å². The largest absolute Gasteiger partial charge is 0.431 e. The molecule has 0 aliphatic rings. The highest BCUT2D eigenvalue weighted by atomic mass is 19.4. The predicted molar refractivity (Wildman–Crippen MR) is 108 cm³/mol. The molecular weight excluding hydrogens is 411 g/mol. The molecule has 0 atom stereocenters. The van der Waals surface area contributed by atoms with Gasteiger partial charge in [-0.2, -0.15) is 26.3 Å². The highest BCUT2D eigenvalue weighted by molar-refractivity contribution is 4.94. The van der Waals surface area contributed by atoms with Crippen LogP contribution in [0.25, 0.3) is 0 Å². The molecule has 30 heavy (non-hydrogen) atoms. The Kier molecular flexibility index (Phi) is 15.9. The lowest BCUT2D eigenvalue weighted by molar-refractivity contribution is -0.343. The molecule has 0 rings (SSSR count). The number of nitrogens with two attached hydrogens (primary N) is 1. The van der Waals surface area contributed by atoms with E-state index in [0.29, 0.717) is 6.42 Å². The van der Waals surface area contributed by atoms with Crippen LogP contribution in [-0.2, 0) is 0 Å². The third-order valence-corrected chi connectivity index (χ3v) is 5.62. The number of halogens is 7. The fraction of sp³-hybridized carbons (Fsp3) is 1.00. The molecule has 0 fully saturated rings. The van der Waals surface area contributed by atoms with E-state index in [-0.39, 0.29) is 6.42 Å². The number of unbranched alkanes of at least 4 members (excludes halogenated alkanes) is 16. The third kappa shape index (κ3) is 13.0. The van der Waals surface area contributed by atoms with E-state index >= 15 is 0 Å². The maximum atomic E-state index is 13.5. The van der Waals surface area contributed by atoms with Gasteiger partial charge in [0.2, 0.25) is 0 Å². The van der Waals surface area contributed by atoms with Crippen molar-refractivity contribution in [1.82, 2.24) is 0 Å². The van der Waals surface area contributed by atoms with Gasteiger partial charge in [-0.05, 0) is 25.8 Å². The first-order valence-electron chi connectivity index (χ1n) is 11.6. The van der Waals surface area contributed by atoms with Crippen molar-refractivity contribution in [3.8, 4) is 0 Å². The van der Waals surface area contributed by atoms with Gasteiger partial charge in [-0.15, -0.1) is 0 Å². The van der Waals surface area contributed by atoms with Crippen molar-refractivity contribution in [1.29, 1.82) is 0 Å². The van der Waals surface area contributed by atoms with Gasteiger partial charge < -0.3 is 5.73 Å². The Bertz CT molecular complexity index is 380. The average Bonchev–Trinajstić information content (AvgIpc) is 2.65. The minimum absolute atomic E-state index is 0.185. The van der Waals surface area contributed by atoms with Gasteiger partial charge in [-0.3, -0.25) is 0 Å². The van der Waals surface area contributed by atoms with Crippen molar-refractivity contribution >= 4 is 0 Å². The molecule has 0 bridgehead atoms. The average molecular weight is 452 g/mol. The standard InChI is InChI=1S/C22H40F7N/c23-20(21(24,25)26,22(27,28)29)18-16-14-12-10-8-6-4-2-1-3-5-7-9-11-13-15-17-19-30/h1-19,30H2. The summed E-state index contributed by atoms with van der Waals surface area (Å²) in [5.74, 6) is 0. The molecule has 0 amide bonds. The molecule has 0 aliphatic carbocycles. The first-order chi connectivity index (χ1) is 14.1. The maximum absolute atomic E-state index is 13.5. The Labute approximate surface area is 177 Å². The lowest BCUT2D eigenvalue weighted by Gasteiger charge is -2.29. The zero-order valence-electron chi connectivity index (χ0n) is 18.2. The second kappa shape index (κ2) is 16.2. The first-order valence-corrected chi connectivity index (χ1v) is 11.6. The highest BCUT2D eigenvalue weighted by Gasteiger charge is 2.71. The van der Waals surface area contributed by atoms with Crippen LogP contribution in [0.4, 0.5) is 30.7 Å². The summed E-state index contributed by atoms with van der Waals surface area (Å²) in [7, 11) is 0. The van der Waals surface area contributed by atoms with Gasteiger partial charge in [0.25, 0.3) is 5.67 Å². The summed E-state index contributed by atoms with van der Waals surface area (Å²) in [5, 5.41) is 0. The fourth-order valence-electron chi connectivity index (χ4n) is 3.61. The molecule has 0 aromatic rings. The summed E-state index contributed by atoms with van der Waals surface area (Å²) in [6.45, 7) is 0.781. The molecule has 0 spiro atoms. The van der Waals surface area contributed by atoms with Crippen LogP contribution in [0, 0.1) is 0 Å². The van der Waals surface area contributed by atoms with Gasteiger partial charge in [0.15, 0.2) is 0 Å². The summed E-state index contributed by atoms with van der Waals surface area (Å²) < 4.78 is 88.0. The summed E-state index contributed by atoms with van der Waals surface area (Å²) in [6.07, 6.45) is 3.11. The molecule has 8 heteroatoms. The summed E-state index contributed by atoms with van der Waals surface area (Å²) in [6, 6.07) is 0. The number of alkyl halides is 7. The molecule has 0 unspecified atom stereocenters. The van der Waals surface area contributed by atoms with Crippen LogP contribution >= 0.6 is 0 Å². The van der Waals surface area contributed by atoms with Crippen LogP contribution in [0.1, 0.15) is 116 Å². The zero-order chi connectivity index (χ0) is 22.9. The molecule has 0 aliphatic heterocycles.